The number of carbonyl (C=O) groups excluding carboxylic acids is 1. The summed E-state index contributed by atoms with van der Waals surface area (Å²) >= 11 is 1.53. The number of anilines is 2. The summed E-state index contributed by atoms with van der Waals surface area (Å²) in [6.45, 7) is 2.23. The van der Waals surface area contributed by atoms with Gasteiger partial charge in [-0.05, 0) is 25.0 Å². The van der Waals surface area contributed by atoms with Gasteiger partial charge in [0.2, 0.25) is 5.91 Å². The number of rotatable bonds is 5. The van der Waals surface area contributed by atoms with Crippen LogP contribution in [0.1, 0.15) is 25.5 Å². The largest absolute Gasteiger partial charge is 0.378 e. The van der Waals surface area contributed by atoms with E-state index < -0.39 is 0 Å². The first kappa shape index (κ1) is 15.1. The van der Waals surface area contributed by atoms with Gasteiger partial charge in [0.15, 0.2) is 5.13 Å². The quantitative estimate of drug-likeness (QED) is 0.768. The third-order valence-corrected chi connectivity index (χ3v) is 4.95. The van der Waals surface area contributed by atoms with E-state index in [2.05, 4.69) is 27.4 Å². The summed E-state index contributed by atoms with van der Waals surface area (Å²) in [5.41, 5.74) is 2.89. The van der Waals surface area contributed by atoms with Crippen LogP contribution in [-0.4, -0.2) is 21.9 Å². The van der Waals surface area contributed by atoms with Gasteiger partial charge in [0, 0.05) is 23.7 Å². The number of nitrogens with zero attached hydrogens (tertiary/aromatic N) is 3. The zero-order valence-electron chi connectivity index (χ0n) is 13.4. The van der Waals surface area contributed by atoms with E-state index in [1.165, 1.54) is 11.3 Å². The third-order valence-electron chi connectivity index (χ3n) is 4.06. The van der Waals surface area contributed by atoms with Gasteiger partial charge in [0.1, 0.15) is 0 Å². The summed E-state index contributed by atoms with van der Waals surface area (Å²) in [7, 11) is 0. The molecule has 0 atom stereocenters. The summed E-state index contributed by atoms with van der Waals surface area (Å²) < 4.78 is 0. The van der Waals surface area contributed by atoms with Crippen molar-refractivity contribution in [2.45, 2.75) is 32.4 Å². The monoisotopic (exact) mass is 338 g/mol. The fourth-order valence-corrected chi connectivity index (χ4v) is 3.67. The molecule has 2 aromatic heterocycles. The normalized spacial score (nSPS) is 13.9. The Morgan fingerprint density at radius 3 is 3.00 bits per heavy atom. The average molecular weight is 338 g/mol. The molecule has 1 amide bonds. The number of pyridine rings is 1. The molecule has 2 heterocycles. The number of benzene rings is 1. The number of carbonyl (C=O) groups is 1. The molecule has 1 aromatic carbocycles. The average Bonchev–Trinajstić information content (AvgIpc) is 3.30. The Morgan fingerprint density at radius 2 is 2.21 bits per heavy atom. The standard InChI is InChI=1S/C18H18N4OS/c1-12(23)22(16-6-7-16)18-21-15(11-24-18)10-19-14-8-13-4-2-3-5-17(13)20-9-14/h2-5,8-9,11,16,19H,6-7,10H2,1H3. The highest BCUT2D eigenvalue weighted by atomic mass is 32.1. The van der Waals surface area contributed by atoms with Gasteiger partial charge in [-0.15, -0.1) is 11.3 Å². The van der Waals surface area contributed by atoms with E-state index in [0.29, 0.717) is 12.6 Å². The molecule has 1 fully saturated rings. The van der Waals surface area contributed by atoms with Crippen LogP contribution in [0.5, 0.6) is 0 Å². The summed E-state index contributed by atoms with van der Waals surface area (Å²) in [4.78, 5) is 22.7. The Labute approximate surface area is 144 Å². The van der Waals surface area contributed by atoms with E-state index in [9.17, 15) is 4.79 Å². The molecule has 4 rings (SSSR count). The van der Waals surface area contributed by atoms with Crippen LogP contribution in [0.4, 0.5) is 10.8 Å². The number of amides is 1. The second-order valence-corrected chi connectivity index (χ2v) is 6.85. The highest BCUT2D eigenvalue weighted by Gasteiger charge is 2.33. The maximum absolute atomic E-state index is 11.8. The lowest BCUT2D eigenvalue weighted by molar-refractivity contribution is -0.116. The lowest BCUT2D eigenvalue weighted by Crippen LogP contribution is -2.30. The summed E-state index contributed by atoms with van der Waals surface area (Å²) in [6, 6.07) is 10.5. The number of aromatic nitrogens is 2. The van der Waals surface area contributed by atoms with Crippen molar-refractivity contribution >= 4 is 39.0 Å². The van der Waals surface area contributed by atoms with Gasteiger partial charge in [-0.1, -0.05) is 18.2 Å². The lowest BCUT2D eigenvalue weighted by atomic mass is 10.2. The SMILES string of the molecule is CC(=O)N(c1nc(CNc2cnc3ccccc3c2)cs1)C1CC1. The van der Waals surface area contributed by atoms with Crippen LogP contribution in [0.25, 0.3) is 10.9 Å². The topological polar surface area (TPSA) is 58.1 Å². The minimum absolute atomic E-state index is 0.0742. The molecule has 5 nitrogen and oxygen atoms in total. The molecule has 0 unspecified atom stereocenters. The first-order valence-electron chi connectivity index (χ1n) is 8.03. The molecule has 0 saturated heterocycles. The second-order valence-electron chi connectivity index (χ2n) is 6.01. The van der Waals surface area contributed by atoms with Crippen LogP contribution in [0.3, 0.4) is 0 Å². The maximum Gasteiger partial charge on any atom is 0.225 e. The minimum Gasteiger partial charge on any atom is -0.378 e. The molecule has 0 aliphatic heterocycles. The van der Waals surface area contributed by atoms with Gasteiger partial charge in [-0.2, -0.15) is 0 Å². The van der Waals surface area contributed by atoms with Crippen molar-refractivity contribution in [3.63, 3.8) is 0 Å². The number of para-hydroxylation sites is 1. The van der Waals surface area contributed by atoms with E-state index in [1.807, 2.05) is 34.7 Å². The van der Waals surface area contributed by atoms with Crippen LogP contribution in [0.2, 0.25) is 0 Å². The highest BCUT2D eigenvalue weighted by Crippen LogP contribution is 2.33. The van der Waals surface area contributed by atoms with Crippen LogP contribution < -0.4 is 10.2 Å². The Bertz CT molecular complexity index is 887. The highest BCUT2D eigenvalue weighted by molar-refractivity contribution is 7.14. The number of hydrogen-bond donors (Lipinski definition) is 1. The number of nitrogens with one attached hydrogen (secondary N) is 1. The summed E-state index contributed by atoms with van der Waals surface area (Å²) in [5, 5.41) is 7.28. The molecule has 1 aliphatic rings. The van der Waals surface area contributed by atoms with Crippen molar-refractivity contribution in [2.24, 2.45) is 0 Å². The van der Waals surface area contributed by atoms with Crippen molar-refractivity contribution in [1.82, 2.24) is 9.97 Å². The zero-order chi connectivity index (χ0) is 16.5. The van der Waals surface area contributed by atoms with Crippen LogP contribution in [0.15, 0.2) is 41.9 Å². The minimum atomic E-state index is 0.0742. The van der Waals surface area contributed by atoms with E-state index in [1.54, 1.807) is 6.92 Å². The molecule has 122 valence electrons. The molecule has 0 radical (unpaired) electrons. The molecule has 3 aromatic rings. The lowest BCUT2D eigenvalue weighted by Gasteiger charge is -2.16. The summed E-state index contributed by atoms with van der Waals surface area (Å²) in [5.74, 6) is 0.0742. The Kier molecular flexibility index (Phi) is 3.90. The number of fused-ring (bicyclic) bond motifs is 1. The van der Waals surface area contributed by atoms with E-state index in [4.69, 9.17) is 0 Å². The van der Waals surface area contributed by atoms with Crippen molar-refractivity contribution in [3.8, 4) is 0 Å². The fourth-order valence-electron chi connectivity index (χ4n) is 2.73. The first-order chi connectivity index (χ1) is 11.7. The third kappa shape index (κ3) is 3.10. The Morgan fingerprint density at radius 1 is 1.38 bits per heavy atom. The molecule has 1 aliphatic carbocycles. The molecular formula is C18H18N4OS. The fraction of sp³-hybridized carbons (Fsp3) is 0.278. The molecule has 6 heteroatoms. The second kappa shape index (κ2) is 6.20. The van der Waals surface area contributed by atoms with Gasteiger partial charge in [-0.25, -0.2) is 4.98 Å². The molecule has 24 heavy (non-hydrogen) atoms. The Balaban J connectivity index is 1.46. The van der Waals surface area contributed by atoms with Crippen LogP contribution in [-0.2, 0) is 11.3 Å². The van der Waals surface area contributed by atoms with Gasteiger partial charge < -0.3 is 5.32 Å². The van der Waals surface area contributed by atoms with Gasteiger partial charge in [0.05, 0.1) is 29.6 Å². The van der Waals surface area contributed by atoms with Crippen LogP contribution in [0, 0.1) is 0 Å². The van der Waals surface area contributed by atoms with E-state index >= 15 is 0 Å². The van der Waals surface area contributed by atoms with Crippen LogP contribution >= 0.6 is 11.3 Å². The summed E-state index contributed by atoms with van der Waals surface area (Å²) in [6.07, 6.45) is 3.99. The van der Waals surface area contributed by atoms with Crippen molar-refractivity contribution in [3.05, 3.63) is 47.6 Å². The smallest absolute Gasteiger partial charge is 0.225 e. The molecule has 1 saturated carbocycles. The Hall–Kier alpha value is -2.47. The molecule has 0 spiro atoms. The molecular weight excluding hydrogens is 320 g/mol. The zero-order valence-corrected chi connectivity index (χ0v) is 14.2. The predicted octanol–water partition coefficient (Wildman–Crippen LogP) is 3.82. The van der Waals surface area contributed by atoms with Crippen molar-refractivity contribution < 1.29 is 4.79 Å². The number of hydrogen-bond acceptors (Lipinski definition) is 5. The predicted molar refractivity (Wildman–Crippen MR) is 97.4 cm³/mol. The van der Waals surface area contributed by atoms with E-state index in [-0.39, 0.29) is 5.91 Å². The van der Waals surface area contributed by atoms with Gasteiger partial charge in [0.25, 0.3) is 0 Å². The molecule has 1 N–H and O–H groups in total. The number of thiazole rings is 1. The maximum atomic E-state index is 11.8. The first-order valence-corrected chi connectivity index (χ1v) is 8.91. The van der Waals surface area contributed by atoms with E-state index in [0.717, 1.165) is 40.3 Å². The van der Waals surface area contributed by atoms with Crippen molar-refractivity contribution in [2.75, 3.05) is 10.2 Å². The van der Waals surface area contributed by atoms with Gasteiger partial charge >= 0.3 is 0 Å². The molecule has 0 bridgehead atoms. The van der Waals surface area contributed by atoms with Gasteiger partial charge in [-0.3, -0.25) is 14.7 Å². The van der Waals surface area contributed by atoms with Crippen molar-refractivity contribution in [1.29, 1.82) is 0 Å².